The van der Waals surface area contributed by atoms with Gasteiger partial charge in [0.2, 0.25) is 0 Å². The maximum atomic E-state index is 12.8. The zero-order valence-corrected chi connectivity index (χ0v) is 16.3. The Kier molecular flexibility index (Phi) is 7.44. The molecule has 1 fully saturated rings. The number of anilines is 1. The SMILES string of the molecule is O=C(NCCCCOc1ccc(F)cc1)Nc1cccc(C(=O)N2CCCC2)c1. The molecule has 0 aliphatic carbocycles. The predicted octanol–water partition coefficient (Wildman–Crippen LogP) is 4.04. The second-order valence-corrected chi connectivity index (χ2v) is 6.97. The van der Waals surface area contributed by atoms with Gasteiger partial charge in [-0.2, -0.15) is 0 Å². The number of unbranched alkanes of at least 4 members (excludes halogenated alkanes) is 1. The predicted molar refractivity (Wildman–Crippen MR) is 110 cm³/mol. The van der Waals surface area contributed by atoms with E-state index in [4.69, 9.17) is 4.74 Å². The first-order valence-electron chi connectivity index (χ1n) is 9.94. The van der Waals surface area contributed by atoms with Gasteiger partial charge in [0.05, 0.1) is 6.61 Å². The van der Waals surface area contributed by atoms with Crippen molar-refractivity contribution >= 4 is 17.6 Å². The molecule has 0 unspecified atom stereocenters. The average Bonchev–Trinajstić information content (AvgIpc) is 3.26. The number of benzene rings is 2. The number of urea groups is 1. The van der Waals surface area contributed by atoms with Crippen molar-refractivity contribution in [3.05, 3.63) is 59.9 Å². The molecule has 6 nitrogen and oxygen atoms in total. The van der Waals surface area contributed by atoms with E-state index in [0.717, 1.165) is 38.8 Å². The first kappa shape index (κ1) is 20.6. The monoisotopic (exact) mass is 399 g/mol. The zero-order valence-electron chi connectivity index (χ0n) is 16.3. The molecule has 1 heterocycles. The number of amides is 3. The molecule has 0 radical (unpaired) electrons. The topological polar surface area (TPSA) is 70.7 Å². The van der Waals surface area contributed by atoms with E-state index in [1.807, 2.05) is 4.90 Å². The number of likely N-dealkylation sites (tertiary alicyclic amines) is 1. The summed E-state index contributed by atoms with van der Waals surface area (Å²) >= 11 is 0. The fourth-order valence-corrected chi connectivity index (χ4v) is 3.16. The fourth-order valence-electron chi connectivity index (χ4n) is 3.16. The van der Waals surface area contributed by atoms with Crippen LogP contribution in [0.2, 0.25) is 0 Å². The van der Waals surface area contributed by atoms with Crippen LogP contribution in [-0.4, -0.2) is 43.1 Å². The first-order valence-corrected chi connectivity index (χ1v) is 9.94. The van der Waals surface area contributed by atoms with E-state index < -0.39 is 0 Å². The van der Waals surface area contributed by atoms with Gasteiger partial charge in [-0.25, -0.2) is 9.18 Å². The van der Waals surface area contributed by atoms with Gasteiger partial charge in [-0.3, -0.25) is 4.79 Å². The summed E-state index contributed by atoms with van der Waals surface area (Å²) in [5, 5.41) is 5.55. The second kappa shape index (κ2) is 10.5. The Morgan fingerprint density at radius 3 is 2.55 bits per heavy atom. The van der Waals surface area contributed by atoms with Gasteiger partial charge in [0, 0.05) is 30.9 Å². The minimum atomic E-state index is -0.310. The molecule has 1 saturated heterocycles. The Morgan fingerprint density at radius 2 is 1.79 bits per heavy atom. The smallest absolute Gasteiger partial charge is 0.319 e. The van der Waals surface area contributed by atoms with Crippen LogP contribution >= 0.6 is 0 Å². The Balaban J connectivity index is 1.34. The molecular weight excluding hydrogens is 373 g/mol. The summed E-state index contributed by atoms with van der Waals surface area (Å²) < 4.78 is 18.3. The number of hydrogen-bond donors (Lipinski definition) is 2. The minimum Gasteiger partial charge on any atom is -0.494 e. The van der Waals surface area contributed by atoms with E-state index in [1.165, 1.54) is 12.1 Å². The van der Waals surface area contributed by atoms with Crippen LogP contribution in [-0.2, 0) is 0 Å². The van der Waals surface area contributed by atoms with Crippen LogP contribution in [0.25, 0.3) is 0 Å². The van der Waals surface area contributed by atoms with E-state index in [0.29, 0.717) is 30.2 Å². The lowest BCUT2D eigenvalue weighted by Crippen LogP contribution is -2.30. The standard InChI is InChI=1S/C22H26FN3O3/c23-18-8-10-20(11-9-18)29-15-4-1-12-24-22(28)25-19-7-5-6-17(16-19)21(27)26-13-2-3-14-26/h5-11,16H,1-4,12-15H2,(H2,24,25,28). The highest BCUT2D eigenvalue weighted by Gasteiger charge is 2.19. The van der Waals surface area contributed by atoms with Gasteiger partial charge in [0.25, 0.3) is 5.91 Å². The molecule has 154 valence electrons. The number of halogens is 1. The Hall–Kier alpha value is -3.09. The number of nitrogens with zero attached hydrogens (tertiary/aromatic N) is 1. The normalized spacial score (nSPS) is 13.2. The van der Waals surface area contributed by atoms with Crippen LogP contribution in [0.1, 0.15) is 36.0 Å². The molecule has 1 aliphatic rings. The zero-order chi connectivity index (χ0) is 20.5. The molecule has 29 heavy (non-hydrogen) atoms. The van der Waals surface area contributed by atoms with Crippen molar-refractivity contribution < 1.29 is 18.7 Å². The van der Waals surface area contributed by atoms with Crippen LogP contribution in [0.4, 0.5) is 14.9 Å². The third-order valence-corrected chi connectivity index (χ3v) is 4.70. The van der Waals surface area contributed by atoms with Crippen LogP contribution in [0.3, 0.4) is 0 Å². The summed E-state index contributed by atoms with van der Waals surface area (Å²) in [5.41, 5.74) is 1.18. The summed E-state index contributed by atoms with van der Waals surface area (Å²) in [5.74, 6) is 0.340. The lowest BCUT2D eigenvalue weighted by Gasteiger charge is -2.16. The van der Waals surface area contributed by atoms with Crippen molar-refractivity contribution in [2.24, 2.45) is 0 Å². The third kappa shape index (κ3) is 6.48. The first-order chi connectivity index (χ1) is 14.1. The lowest BCUT2D eigenvalue weighted by atomic mass is 10.2. The average molecular weight is 399 g/mol. The van der Waals surface area contributed by atoms with E-state index in [-0.39, 0.29) is 17.8 Å². The largest absolute Gasteiger partial charge is 0.494 e. The summed E-state index contributed by atoms with van der Waals surface area (Å²) in [6.45, 7) is 2.59. The third-order valence-electron chi connectivity index (χ3n) is 4.70. The molecule has 0 saturated carbocycles. The van der Waals surface area contributed by atoms with Gasteiger partial charge >= 0.3 is 6.03 Å². The van der Waals surface area contributed by atoms with Crippen LogP contribution in [0.5, 0.6) is 5.75 Å². The van der Waals surface area contributed by atoms with Gasteiger partial charge in [-0.1, -0.05) is 6.07 Å². The quantitative estimate of drug-likeness (QED) is 0.658. The van der Waals surface area contributed by atoms with Crippen molar-refractivity contribution in [2.75, 3.05) is 31.6 Å². The van der Waals surface area contributed by atoms with Crippen molar-refractivity contribution in [2.45, 2.75) is 25.7 Å². The van der Waals surface area contributed by atoms with Crippen LogP contribution < -0.4 is 15.4 Å². The van der Waals surface area contributed by atoms with E-state index in [2.05, 4.69) is 10.6 Å². The molecule has 3 amide bonds. The van der Waals surface area contributed by atoms with Gasteiger partial charge < -0.3 is 20.3 Å². The van der Waals surface area contributed by atoms with Crippen molar-refractivity contribution in [3.8, 4) is 5.75 Å². The van der Waals surface area contributed by atoms with Crippen molar-refractivity contribution in [1.82, 2.24) is 10.2 Å². The molecule has 2 N–H and O–H groups in total. The molecule has 0 aromatic heterocycles. The second-order valence-electron chi connectivity index (χ2n) is 6.97. The maximum absolute atomic E-state index is 12.8. The summed E-state index contributed by atoms with van der Waals surface area (Å²) in [6.07, 6.45) is 3.60. The van der Waals surface area contributed by atoms with Gasteiger partial charge in [0.15, 0.2) is 0 Å². The van der Waals surface area contributed by atoms with Crippen molar-refractivity contribution in [1.29, 1.82) is 0 Å². The van der Waals surface area contributed by atoms with Crippen molar-refractivity contribution in [3.63, 3.8) is 0 Å². The Bertz CT molecular complexity index is 820. The van der Waals surface area contributed by atoms with E-state index >= 15 is 0 Å². The highest BCUT2D eigenvalue weighted by Crippen LogP contribution is 2.16. The highest BCUT2D eigenvalue weighted by molar-refractivity contribution is 5.97. The van der Waals surface area contributed by atoms with Crippen LogP contribution in [0, 0.1) is 5.82 Å². The lowest BCUT2D eigenvalue weighted by molar-refractivity contribution is 0.0793. The number of carbonyl (C=O) groups is 2. The molecule has 2 aromatic carbocycles. The number of carbonyl (C=O) groups excluding carboxylic acids is 2. The Morgan fingerprint density at radius 1 is 1.03 bits per heavy atom. The Labute approximate surface area is 170 Å². The maximum Gasteiger partial charge on any atom is 0.319 e. The molecule has 3 rings (SSSR count). The van der Waals surface area contributed by atoms with E-state index in [1.54, 1.807) is 36.4 Å². The van der Waals surface area contributed by atoms with Crippen LogP contribution in [0.15, 0.2) is 48.5 Å². The fraction of sp³-hybridized carbons (Fsp3) is 0.364. The summed E-state index contributed by atoms with van der Waals surface area (Å²) in [6, 6.07) is 12.6. The molecule has 0 spiro atoms. The summed E-state index contributed by atoms with van der Waals surface area (Å²) in [7, 11) is 0. The number of nitrogens with one attached hydrogen (secondary N) is 2. The van der Waals surface area contributed by atoms with Gasteiger partial charge in [0.1, 0.15) is 11.6 Å². The minimum absolute atomic E-state index is 0.00714. The molecule has 2 aromatic rings. The van der Waals surface area contributed by atoms with E-state index in [9.17, 15) is 14.0 Å². The molecule has 7 heteroatoms. The molecule has 0 atom stereocenters. The number of ether oxygens (including phenoxy) is 1. The van der Waals surface area contributed by atoms with Gasteiger partial charge in [-0.05, 0) is 68.1 Å². The van der Waals surface area contributed by atoms with Gasteiger partial charge in [-0.15, -0.1) is 0 Å². The summed E-state index contributed by atoms with van der Waals surface area (Å²) in [4.78, 5) is 26.3. The molecule has 1 aliphatic heterocycles. The number of hydrogen-bond acceptors (Lipinski definition) is 3. The molecule has 0 bridgehead atoms. The number of rotatable bonds is 8. The molecular formula is C22H26FN3O3. The highest BCUT2D eigenvalue weighted by atomic mass is 19.1.